The Hall–Kier alpha value is -4.95. The van der Waals surface area contributed by atoms with Crippen LogP contribution in [0, 0.1) is 0 Å². The molecule has 0 radical (unpaired) electrons. The number of anilines is 1. The van der Waals surface area contributed by atoms with Crippen LogP contribution in [-0.4, -0.2) is 52.7 Å². The molecule has 44 heavy (non-hydrogen) atoms. The second-order valence-corrected chi connectivity index (χ2v) is 11.5. The number of nitrogens with zero attached hydrogens (tertiary/aromatic N) is 1. The van der Waals surface area contributed by atoms with Gasteiger partial charge in [0.1, 0.15) is 17.7 Å². The monoisotopic (exact) mass is 593 g/mol. The summed E-state index contributed by atoms with van der Waals surface area (Å²) >= 11 is 0. The molecule has 0 heterocycles. The van der Waals surface area contributed by atoms with Gasteiger partial charge in [-0.15, -0.1) is 0 Å². The highest BCUT2D eigenvalue weighted by Gasteiger charge is 2.36. The Morgan fingerprint density at radius 2 is 1.61 bits per heavy atom. The van der Waals surface area contributed by atoms with E-state index in [4.69, 9.17) is 4.74 Å². The van der Waals surface area contributed by atoms with Crippen molar-refractivity contribution in [2.75, 3.05) is 18.5 Å². The van der Waals surface area contributed by atoms with Crippen molar-refractivity contribution in [2.45, 2.75) is 44.9 Å². The molecule has 2 atom stereocenters. The average Bonchev–Trinajstić information content (AvgIpc) is 3.00. The maximum absolute atomic E-state index is 14.4. The number of benzene rings is 4. The first-order valence-corrected chi connectivity index (χ1v) is 14.5. The van der Waals surface area contributed by atoms with Crippen molar-refractivity contribution >= 4 is 40.4 Å². The van der Waals surface area contributed by atoms with Crippen molar-refractivity contribution in [2.24, 2.45) is 0 Å². The summed E-state index contributed by atoms with van der Waals surface area (Å²) in [6, 6.07) is 27.6. The number of aliphatic hydroxyl groups excluding tert-OH is 1. The van der Waals surface area contributed by atoms with Gasteiger partial charge >= 0.3 is 6.09 Å². The molecule has 4 aromatic rings. The first-order chi connectivity index (χ1) is 21.1. The first-order valence-electron chi connectivity index (χ1n) is 14.5. The quantitative estimate of drug-likeness (QED) is 0.194. The van der Waals surface area contributed by atoms with Crippen LogP contribution >= 0.6 is 0 Å². The lowest BCUT2D eigenvalue weighted by molar-refractivity contribution is -0.141. The molecule has 8 heteroatoms. The van der Waals surface area contributed by atoms with Crippen LogP contribution in [0.2, 0.25) is 0 Å². The minimum atomic E-state index is -1.14. The van der Waals surface area contributed by atoms with Crippen LogP contribution in [0.3, 0.4) is 0 Å². The lowest BCUT2D eigenvalue weighted by Crippen LogP contribution is -2.53. The summed E-state index contributed by atoms with van der Waals surface area (Å²) in [7, 11) is 0. The molecule has 4 aromatic carbocycles. The minimum absolute atomic E-state index is 0.145. The molecule has 0 saturated heterocycles. The summed E-state index contributed by atoms with van der Waals surface area (Å²) in [5.74, 6) is -1.02. The van der Waals surface area contributed by atoms with E-state index < -0.39 is 42.2 Å². The Bertz CT molecular complexity index is 1610. The van der Waals surface area contributed by atoms with Crippen molar-refractivity contribution in [1.29, 1.82) is 0 Å². The van der Waals surface area contributed by atoms with Crippen LogP contribution in [0.5, 0.6) is 0 Å². The van der Waals surface area contributed by atoms with Crippen LogP contribution in [0.25, 0.3) is 16.8 Å². The van der Waals surface area contributed by atoms with Crippen molar-refractivity contribution < 1.29 is 24.2 Å². The predicted octanol–water partition coefficient (Wildman–Crippen LogP) is 6.12. The zero-order valence-corrected chi connectivity index (χ0v) is 25.3. The number of amides is 3. The molecule has 0 spiro atoms. The fraction of sp³-hybridized carbons (Fsp3) is 0.250. The van der Waals surface area contributed by atoms with Gasteiger partial charge in [0.15, 0.2) is 0 Å². The molecule has 0 aliphatic rings. The third-order valence-corrected chi connectivity index (χ3v) is 6.93. The number of hydrogen-bond donors (Lipinski definition) is 3. The molecular weight excluding hydrogens is 554 g/mol. The lowest BCUT2D eigenvalue weighted by atomic mass is 9.98. The molecule has 0 saturated carbocycles. The molecule has 8 nitrogen and oxygen atoms in total. The number of alkyl carbamates (subject to hydrolysis) is 1. The third kappa shape index (κ3) is 8.55. The minimum Gasteiger partial charge on any atom is -0.444 e. The number of nitrogens with one attached hydrogen (secondary N) is 2. The predicted molar refractivity (Wildman–Crippen MR) is 174 cm³/mol. The highest BCUT2D eigenvalue weighted by atomic mass is 16.6. The molecule has 0 aliphatic carbocycles. The third-order valence-electron chi connectivity index (χ3n) is 6.93. The molecule has 4 rings (SSSR count). The van der Waals surface area contributed by atoms with Crippen molar-refractivity contribution in [3.05, 3.63) is 120 Å². The topological polar surface area (TPSA) is 108 Å². The molecule has 0 aromatic heterocycles. The Kier molecular flexibility index (Phi) is 10.5. The maximum atomic E-state index is 14.4. The summed E-state index contributed by atoms with van der Waals surface area (Å²) in [6.07, 6.45) is 1.04. The summed E-state index contributed by atoms with van der Waals surface area (Å²) in [5, 5.41) is 17.8. The van der Waals surface area contributed by atoms with E-state index in [1.54, 1.807) is 51.1 Å². The molecule has 0 aliphatic heterocycles. The average molecular weight is 594 g/mol. The zero-order valence-electron chi connectivity index (χ0n) is 25.3. The van der Waals surface area contributed by atoms with Crippen LogP contribution in [0.15, 0.2) is 104 Å². The highest BCUT2D eigenvalue weighted by molar-refractivity contribution is 6.00. The van der Waals surface area contributed by atoms with E-state index in [1.165, 1.54) is 4.90 Å². The van der Waals surface area contributed by atoms with E-state index >= 15 is 0 Å². The van der Waals surface area contributed by atoms with Gasteiger partial charge in [0.25, 0.3) is 5.91 Å². The molecule has 3 N–H and O–H groups in total. The number of aliphatic hydroxyl groups is 1. The smallest absolute Gasteiger partial charge is 0.408 e. The molecular formula is C36H39N3O5. The van der Waals surface area contributed by atoms with E-state index in [0.717, 1.165) is 21.9 Å². The fourth-order valence-electron chi connectivity index (χ4n) is 4.98. The number of ether oxygens (including phenoxy) is 1. The van der Waals surface area contributed by atoms with Gasteiger partial charge in [-0.25, -0.2) is 4.79 Å². The van der Waals surface area contributed by atoms with E-state index in [0.29, 0.717) is 11.3 Å². The Balaban J connectivity index is 1.74. The number of rotatable bonds is 11. The second-order valence-electron chi connectivity index (χ2n) is 11.5. The second kappa shape index (κ2) is 14.5. The van der Waals surface area contributed by atoms with Crippen LogP contribution in [0.1, 0.15) is 43.5 Å². The van der Waals surface area contributed by atoms with Crippen molar-refractivity contribution in [3.63, 3.8) is 0 Å². The number of carbonyl (C=O) groups excluding carboxylic acids is 3. The lowest BCUT2D eigenvalue weighted by Gasteiger charge is -2.34. The van der Waals surface area contributed by atoms with Crippen LogP contribution < -0.4 is 10.6 Å². The number of carbonyl (C=O) groups is 3. The summed E-state index contributed by atoms with van der Waals surface area (Å²) in [4.78, 5) is 42.7. The number of hydrogen-bond acceptors (Lipinski definition) is 5. The van der Waals surface area contributed by atoms with Crippen molar-refractivity contribution in [1.82, 2.24) is 10.2 Å². The number of fused-ring (bicyclic) bond motifs is 1. The fourth-order valence-corrected chi connectivity index (χ4v) is 4.98. The zero-order chi connectivity index (χ0) is 31.7. The Morgan fingerprint density at radius 1 is 0.909 bits per heavy atom. The summed E-state index contributed by atoms with van der Waals surface area (Å²) in [5.41, 5.74) is 1.86. The van der Waals surface area contributed by atoms with Crippen LogP contribution in [-0.2, 0) is 20.7 Å². The van der Waals surface area contributed by atoms with E-state index in [1.807, 2.05) is 72.8 Å². The molecule has 2 unspecified atom stereocenters. The summed E-state index contributed by atoms with van der Waals surface area (Å²) in [6.45, 7) is 8.48. The first kappa shape index (κ1) is 32.0. The normalized spacial score (nSPS) is 12.5. The van der Waals surface area contributed by atoms with Gasteiger partial charge in [0, 0.05) is 18.7 Å². The Morgan fingerprint density at radius 3 is 2.30 bits per heavy atom. The van der Waals surface area contributed by atoms with Gasteiger partial charge in [-0.05, 0) is 66.4 Å². The van der Waals surface area contributed by atoms with Gasteiger partial charge in [-0.3, -0.25) is 9.59 Å². The largest absolute Gasteiger partial charge is 0.444 e. The van der Waals surface area contributed by atoms with Gasteiger partial charge in [0.2, 0.25) is 5.91 Å². The summed E-state index contributed by atoms with van der Waals surface area (Å²) < 4.78 is 5.47. The van der Waals surface area contributed by atoms with Crippen molar-refractivity contribution in [3.8, 4) is 0 Å². The maximum Gasteiger partial charge on any atom is 0.408 e. The SMILES string of the molecule is C=Cc1cccc(C(C(=O)Nc2ccc3ccccc3c2)N(CCO)C(=O)C(Cc2ccccc2)NC(=O)OC(C)(C)C)c1. The van der Waals surface area contributed by atoms with Gasteiger partial charge in [-0.1, -0.05) is 91.5 Å². The standard InChI is InChI=1S/C36H39N3O5/c1-5-25-14-11-17-29(22-25)32(33(41)37-30-19-18-27-15-9-10-16-28(27)24-30)39(20-21-40)34(42)31(23-26-12-7-6-8-13-26)38-35(43)44-36(2,3)4/h5-19,22,24,31-32,40H,1,20-21,23H2,2-4H3,(H,37,41)(H,38,43). The molecule has 0 bridgehead atoms. The Labute approximate surface area is 258 Å². The van der Waals surface area contributed by atoms with Gasteiger partial charge in [0.05, 0.1) is 6.61 Å². The van der Waals surface area contributed by atoms with E-state index in [9.17, 15) is 19.5 Å². The molecule has 228 valence electrons. The van der Waals surface area contributed by atoms with Gasteiger partial charge in [-0.2, -0.15) is 0 Å². The van der Waals surface area contributed by atoms with E-state index in [2.05, 4.69) is 17.2 Å². The van der Waals surface area contributed by atoms with E-state index in [-0.39, 0.29) is 13.0 Å². The molecule has 3 amide bonds. The highest BCUT2D eigenvalue weighted by Crippen LogP contribution is 2.27. The molecule has 0 fully saturated rings. The van der Waals surface area contributed by atoms with Gasteiger partial charge < -0.3 is 25.4 Å². The van der Waals surface area contributed by atoms with Crippen LogP contribution in [0.4, 0.5) is 10.5 Å².